The van der Waals surface area contributed by atoms with Gasteiger partial charge in [-0.3, -0.25) is 28.9 Å². The molecule has 3 aliphatic rings. The number of aryl methyl sites for hydroxylation is 1. The van der Waals surface area contributed by atoms with E-state index in [9.17, 15) is 28.0 Å². The van der Waals surface area contributed by atoms with Gasteiger partial charge in [0.25, 0.3) is 12.3 Å². The van der Waals surface area contributed by atoms with E-state index in [1.54, 1.807) is 29.1 Å². The summed E-state index contributed by atoms with van der Waals surface area (Å²) in [5, 5.41) is 12.4. The van der Waals surface area contributed by atoms with Crippen LogP contribution in [0, 0.1) is 11.8 Å². The van der Waals surface area contributed by atoms with Gasteiger partial charge in [0.05, 0.1) is 17.2 Å². The molecule has 4 aromatic heterocycles. The highest BCUT2D eigenvalue weighted by atomic mass is 19.3. The largest absolute Gasteiger partial charge is 0.444 e. The first-order chi connectivity index (χ1) is 29.6. The average molecular weight is 844 g/mol. The van der Waals surface area contributed by atoms with Crippen molar-refractivity contribution in [2.75, 3.05) is 50.5 Å². The molecule has 1 saturated heterocycles. The maximum atomic E-state index is 14.1. The van der Waals surface area contributed by atoms with Crippen LogP contribution in [0.4, 0.5) is 20.3 Å². The van der Waals surface area contributed by atoms with E-state index in [2.05, 4.69) is 43.0 Å². The van der Waals surface area contributed by atoms with Crippen LogP contribution in [0.1, 0.15) is 104 Å². The van der Waals surface area contributed by atoms with Gasteiger partial charge in [-0.25, -0.2) is 23.5 Å². The van der Waals surface area contributed by atoms with E-state index in [4.69, 9.17) is 13.6 Å². The van der Waals surface area contributed by atoms with Gasteiger partial charge in [0.15, 0.2) is 17.0 Å². The van der Waals surface area contributed by atoms with Gasteiger partial charge >= 0.3 is 5.76 Å². The summed E-state index contributed by atoms with van der Waals surface area (Å²) < 4.78 is 48.1. The first-order valence-electron chi connectivity index (χ1n) is 21.2. The topological polar surface area (TPSA) is 192 Å². The van der Waals surface area contributed by atoms with Crippen LogP contribution in [0.3, 0.4) is 0 Å². The standard InChI is InChI=1S/C43H51F2N9O7/c1-52(17-3-19-59-18-2-4-26-9-12-33-35(20-26)61-43(58)54(33)34-13-14-37(55)50-41(34)57)23-28-7-10-30(11-8-28)53-24-31(38(51-53)39(44)45)48-40(56)32-25-60-42(49-32)29-15-16-46-36(21-29)47-22-27-5-6-27/h9,12,15-16,20-21,24-25,27-28,30,34,39H,2-8,10-11,13-14,17-19,22-23H2,1H3,(H,46,47)(H,48,56)(H,50,55,57). The summed E-state index contributed by atoms with van der Waals surface area (Å²) in [6.45, 7) is 3.88. The number of anilines is 2. The van der Waals surface area contributed by atoms with Crippen LogP contribution in [-0.4, -0.2) is 86.8 Å². The molecule has 3 amide bonds. The van der Waals surface area contributed by atoms with Crippen LogP contribution in [0.2, 0.25) is 0 Å². The van der Waals surface area contributed by atoms with Crippen LogP contribution in [0.5, 0.6) is 0 Å². The third-order valence-corrected chi connectivity index (χ3v) is 11.8. The number of aromatic nitrogens is 5. The number of nitrogens with zero attached hydrogens (tertiary/aromatic N) is 6. The van der Waals surface area contributed by atoms with E-state index in [-0.39, 0.29) is 42.1 Å². The lowest BCUT2D eigenvalue weighted by atomic mass is 9.86. The third-order valence-electron chi connectivity index (χ3n) is 11.8. The molecule has 5 aromatic rings. The van der Waals surface area contributed by atoms with Gasteiger partial charge in [-0.05, 0) is 113 Å². The number of halogens is 2. The number of hydrogen-bond acceptors (Lipinski definition) is 12. The number of imide groups is 1. The second-order valence-electron chi connectivity index (χ2n) is 16.5. The third kappa shape index (κ3) is 10.4. The summed E-state index contributed by atoms with van der Waals surface area (Å²) in [4.78, 5) is 60.5. The van der Waals surface area contributed by atoms with Crippen LogP contribution in [-0.2, 0) is 20.7 Å². The number of hydrogen-bond donors (Lipinski definition) is 3. The Morgan fingerprint density at radius 3 is 2.62 bits per heavy atom. The van der Waals surface area contributed by atoms with Crippen LogP contribution in [0.15, 0.2) is 62.6 Å². The summed E-state index contributed by atoms with van der Waals surface area (Å²) >= 11 is 0. The zero-order chi connectivity index (χ0) is 42.5. The second-order valence-corrected chi connectivity index (χ2v) is 16.5. The first-order valence-corrected chi connectivity index (χ1v) is 21.2. The number of rotatable bonds is 19. The predicted octanol–water partition coefficient (Wildman–Crippen LogP) is 6.53. The lowest BCUT2D eigenvalue weighted by Gasteiger charge is -2.31. The van der Waals surface area contributed by atoms with E-state index >= 15 is 0 Å². The SMILES string of the molecule is CN(CCCOCCCc1ccc2c(c1)oc(=O)n2C1CCC(=O)NC1=O)CC1CCC(n2cc(NC(=O)c3coc(-c4ccnc(NCC5CC5)c4)n3)c(C(F)F)n2)CC1. The van der Waals surface area contributed by atoms with Gasteiger partial charge in [0, 0.05) is 57.2 Å². The summed E-state index contributed by atoms with van der Waals surface area (Å²) in [5.41, 5.74) is 2.03. The molecule has 16 nitrogen and oxygen atoms in total. The van der Waals surface area contributed by atoms with Crippen molar-refractivity contribution in [1.29, 1.82) is 0 Å². The van der Waals surface area contributed by atoms with Gasteiger partial charge in [-0.1, -0.05) is 6.07 Å². The summed E-state index contributed by atoms with van der Waals surface area (Å²) in [6.07, 6.45) is 10.2. The summed E-state index contributed by atoms with van der Waals surface area (Å²) in [6, 6.07) is 8.22. The monoisotopic (exact) mass is 843 g/mol. The molecule has 1 unspecified atom stereocenters. The van der Waals surface area contributed by atoms with Crippen LogP contribution in [0.25, 0.3) is 22.6 Å². The Morgan fingerprint density at radius 2 is 1.84 bits per heavy atom. The van der Waals surface area contributed by atoms with Gasteiger partial charge in [-0.15, -0.1) is 0 Å². The fourth-order valence-electron chi connectivity index (χ4n) is 8.28. The maximum Gasteiger partial charge on any atom is 0.420 e. The maximum absolute atomic E-state index is 14.1. The Kier molecular flexibility index (Phi) is 13.0. The van der Waals surface area contributed by atoms with Crippen molar-refractivity contribution in [2.24, 2.45) is 11.8 Å². The Morgan fingerprint density at radius 1 is 1.03 bits per heavy atom. The molecule has 1 atom stereocenters. The highest BCUT2D eigenvalue weighted by Crippen LogP contribution is 2.36. The zero-order valence-corrected chi connectivity index (χ0v) is 34.1. The summed E-state index contributed by atoms with van der Waals surface area (Å²) in [5.74, 6) is -0.0642. The van der Waals surface area contributed by atoms with Crippen molar-refractivity contribution in [3.8, 4) is 11.5 Å². The molecular weight excluding hydrogens is 793 g/mol. The number of alkyl halides is 2. The van der Waals surface area contributed by atoms with Crippen molar-refractivity contribution >= 4 is 40.3 Å². The molecule has 61 heavy (non-hydrogen) atoms. The first kappa shape index (κ1) is 42.0. The second kappa shape index (κ2) is 18.9. The van der Waals surface area contributed by atoms with E-state index in [0.717, 1.165) is 70.1 Å². The minimum atomic E-state index is -2.87. The molecular formula is C43H51F2N9O7. The molecule has 3 fully saturated rings. The number of fused-ring (bicyclic) bond motifs is 1. The molecule has 1 aromatic carbocycles. The normalized spacial score (nSPS) is 19.5. The summed E-state index contributed by atoms with van der Waals surface area (Å²) in [7, 11) is 2.10. The van der Waals surface area contributed by atoms with E-state index in [1.807, 2.05) is 12.1 Å². The number of ether oxygens (including phenoxy) is 1. The fourth-order valence-corrected chi connectivity index (χ4v) is 8.28. The molecule has 324 valence electrons. The number of carbonyl (C=O) groups is 3. The number of pyridine rings is 1. The molecule has 0 spiro atoms. The average Bonchev–Trinajstić information content (AvgIpc) is 3.60. The number of oxazole rings is 2. The van der Waals surface area contributed by atoms with Gasteiger partial charge in [0.1, 0.15) is 18.1 Å². The van der Waals surface area contributed by atoms with E-state index in [1.165, 1.54) is 29.9 Å². The number of amides is 3. The Bertz CT molecular complexity index is 2400. The fraction of sp³-hybridized carbons (Fsp3) is 0.512. The minimum absolute atomic E-state index is 0.0329. The predicted molar refractivity (Wildman–Crippen MR) is 220 cm³/mol. The van der Waals surface area contributed by atoms with Gasteiger partial charge in [-0.2, -0.15) is 5.10 Å². The molecule has 0 bridgehead atoms. The van der Waals surface area contributed by atoms with Crippen LogP contribution < -0.4 is 21.7 Å². The Hall–Kier alpha value is -5.75. The minimum Gasteiger partial charge on any atom is -0.444 e. The zero-order valence-electron chi connectivity index (χ0n) is 34.1. The molecule has 0 radical (unpaired) electrons. The Labute approximate surface area is 350 Å². The molecule has 18 heteroatoms. The number of nitrogens with one attached hydrogen (secondary N) is 3. The van der Waals surface area contributed by atoms with Gasteiger partial charge in [0.2, 0.25) is 17.7 Å². The van der Waals surface area contributed by atoms with E-state index in [0.29, 0.717) is 47.5 Å². The molecule has 2 aliphatic carbocycles. The molecule has 5 heterocycles. The highest BCUT2D eigenvalue weighted by molar-refractivity contribution is 6.03. The van der Waals surface area contributed by atoms with Crippen molar-refractivity contribution in [3.63, 3.8) is 0 Å². The van der Waals surface area contributed by atoms with Crippen molar-refractivity contribution in [3.05, 3.63) is 76.5 Å². The smallest absolute Gasteiger partial charge is 0.420 e. The highest BCUT2D eigenvalue weighted by Gasteiger charge is 2.32. The molecule has 1 aliphatic heterocycles. The lowest BCUT2D eigenvalue weighted by Crippen LogP contribution is -2.43. The molecule has 8 rings (SSSR count). The van der Waals surface area contributed by atoms with Gasteiger partial charge < -0.3 is 29.1 Å². The molecule has 2 saturated carbocycles. The lowest BCUT2D eigenvalue weighted by molar-refractivity contribution is -0.135. The Balaban J connectivity index is 0.735. The van der Waals surface area contributed by atoms with Crippen molar-refractivity contribution in [2.45, 2.75) is 89.1 Å². The quantitative estimate of drug-likeness (QED) is 0.0603. The number of carbonyl (C=O) groups excluding carboxylic acids is 3. The number of benzene rings is 1. The van der Waals surface area contributed by atoms with E-state index < -0.39 is 35.7 Å². The van der Waals surface area contributed by atoms with Crippen molar-refractivity contribution in [1.82, 2.24) is 34.5 Å². The number of piperidine rings is 1. The van der Waals surface area contributed by atoms with Crippen molar-refractivity contribution < 1.29 is 36.7 Å². The van der Waals surface area contributed by atoms with Crippen LogP contribution >= 0.6 is 0 Å². The molecule has 3 N–H and O–H groups in total.